The molecule has 2 aliphatic rings. The van der Waals surface area contributed by atoms with E-state index in [1.54, 1.807) is 0 Å². The van der Waals surface area contributed by atoms with Crippen molar-refractivity contribution >= 4 is 37.9 Å². The summed E-state index contributed by atoms with van der Waals surface area (Å²) in [5, 5.41) is 58.7. The van der Waals surface area contributed by atoms with Crippen LogP contribution in [0.15, 0.2) is 127 Å². The second kappa shape index (κ2) is 10.3. The monoisotopic (exact) mass is 642 g/mol. The minimum Gasteiger partial charge on any atom is -0.504 e. The highest BCUT2D eigenvalue weighted by Gasteiger charge is 2.49. The first-order valence-corrected chi connectivity index (χ1v) is 16.1. The molecule has 6 heteroatoms. The van der Waals surface area contributed by atoms with Crippen LogP contribution in [-0.4, -0.2) is 31.1 Å². The van der Waals surface area contributed by atoms with Crippen molar-refractivity contribution in [2.45, 2.75) is 18.4 Å². The van der Waals surface area contributed by atoms with Gasteiger partial charge in [-0.2, -0.15) is 0 Å². The van der Waals surface area contributed by atoms with Gasteiger partial charge in [0, 0.05) is 16.7 Å². The maximum atomic E-state index is 11.1. The van der Waals surface area contributed by atoms with Gasteiger partial charge >= 0.3 is 0 Å². The molecule has 9 rings (SSSR count). The van der Waals surface area contributed by atoms with Gasteiger partial charge in [0.1, 0.15) is 11.4 Å². The lowest BCUT2D eigenvalue weighted by Crippen LogP contribution is -2.36. The first-order chi connectivity index (χ1) is 23.8. The molecule has 0 saturated heterocycles. The van der Waals surface area contributed by atoms with Crippen LogP contribution in [0.4, 0.5) is 0 Å². The number of hydrogen-bond acceptors (Lipinski definition) is 6. The van der Waals surface area contributed by atoms with Gasteiger partial charge in [-0.15, -0.1) is 0 Å². The summed E-state index contributed by atoms with van der Waals surface area (Å²) in [4.78, 5) is 0. The van der Waals surface area contributed by atoms with Crippen molar-refractivity contribution in [1.29, 1.82) is 0 Å². The van der Waals surface area contributed by atoms with Gasteiger partial charge in [0.2, 0.25) is 17.2 Å². The van der Waals surface area contributed by atoms with Crippen molar-refractivity contribution in [2.75, 3.05) is 0 Å². The van der Waals surface area contributed by atoms with Crippen LogP contribution in [0, 0.1) is 0 Å². The fraction of sp³-hybridized carbons (Fsp3) is 0.0698. The molecular weight excluding hydrogens is 612 g/mol. The average molecular weight is 643 g/mol. The number of phenolic OH excluding ortho intramolecular Hbond substituents is 5. The normalized spacial score (nSPS) is 18.0. The van der Waals surface area contributed by atoms with Crippen LogP contribution >= 0.6 is 0 Å². The highest BCUT2D eigenvalue weighted by Crippen LogP contribution is 2.60. The highest BCUT2D eigenvalue weighted by molar-refractivity contribution is 6.23. The SMILES string of the molecule is CC12Oc3cccc(-c4c5ccccc5c(-c5c(O)c(O)c(O)c(O)c5O)c5ccccc45)c3C1C=CC=C2c1ccc2ccccc2c1. The Morgan fingerprint density at radius 3 is 1.78 bits per heavy atom. The first-order valence-electron chi connectivity index (χ1n) is 16.1. The molecule has 49 heavy (non-hydrogen) atoms. The molecule has 5 N–H and O–H groups in total. The Balaban J connectivity index is 1.29. The Labute approximate surface area is 281 Å². The minimum absolute atomic E-state index is 0.110. The predicted octanol–water partition coefficient (Wildman–Crippen LogP) is 9.90. The summed E-state index contributed by atoms with van der Waals surface area (Å²) in [6.45, 7) is 2.15. The zero-order chi connectivity index (χ0) is 33.6. The van der Waals surface area contributed by atoms with Gasteiger partial charge < -0.3 is 30.3 Å². The molecule has 0 amide bonds. The van der Waals surface area contributed by atoms with E-state index in [1.807, 2.05) is 66.7 Å². The van der Waals surface area contributed by atoms with Crippen molar-refractivity contribution in [3.8, 4) is 56.8 Å². The molecule has 1 aliphatic heterocycles. The van der Waals surface area contributed by atoms with Gasteiger partial charge in [0.25, 0.3) is 0 Å². The second-order valence-electron chi connectivity index (χ2n) is 12.9. The Bertz CT molecular complexity index is 2530. The summed E-state index contributed by atoms with van der Waals surface area (Å²) in [6, 6.07) is 36.3. The zero-order valence-corrected chi connectivity index (χ0v) is 26.3. The van der Waals surface area contributed by atoms with E-state index in [2.05, 4.69) is 67.6 Å². The molecule has 2 unspecified atom stereocenters. The summed E-state index contributed by atoms with van der Waals surface area (Å²) < 4.78 is 6.96. The molecule has 238 valence electrons. The lowest BCUT2D eigenvalue weighted by atomic mass is 9.72. The molecule has 0 bridgehead atoms. The van der Waals surface area contributed by atoms with Crippen LogP contribution in [0.5, 0.6) is 34.5 Å². The van der Waals surface area contributed by atoms with Gasteiger partial charge in [0.05, 0.1) is 11.5 Å². The Morgan fingerprint density at radius 2 is 1.12 bits per heavy atom. The lowest BCUT2D eigenvalue weighted by molar-refractivity contribution is 0.166. The van der Waals surface area contributed by atoms with E-state index in [1.165, 1.54) is 5.39 Å². The first kappa shape index (κ1) is 28.8. The maximum Gasteiger partial charge on any atom is 0.208 e. The van der Waals surface area contributed by atoms with E-state index in [0.717, 1.165) is 49.7 Å². The molecule has 0 fully saturated rings. The zero-order valence-electron chi connectivity index (χ0n) is 26.3. The average Bonchev–Trinajstić information content (AvgIpc) is 3.45. The van der Waals surface area contributed by atoms with Crippen molar-refractivity contribution in [2.24, 2.45) is 0 Å². The molecule has 0 saturated carbocycles. The third kappa shape index (κ3) is 3.94. The number of phenols is 5. The van der Waals surface area contributed by atoms with E-state index < -0.39 is 34.3 Å². The van der Waals surface area contributed by atoms with Crippen molar-refractivity contribution < 1.29 is 30.3 Å². The number of ether oxygens (including phenoxy) is 1. The third-order valence-corrected chi connectivity index (χ3v) is 10.3. The molecule has 7 aromatic rings. The Morgan fingerprint density at radius 1 is 0.551 bits per heavy atom. The Kier molecular flexibility index (Phi) is 6.05. The van der Waals surface area contributed by atoms with Gasteiger partial charge in [-0.3, -0.25) is 0 Å². The summed E-state index contributed by atoms with van der Waals surface area (Å²) in [7, 11) is 0. The number of fused-ring (bicyclic) bond motifs is 6. The van der Waals surface area contributed by atoms with E-state index in [-0.39, 0.29) is 11.5 Å². The van der Waals surface area contributed by atoms with Crippen LogP contribution in [-0.2, 0) is 0 Å². The molecular formula is C43H30O6. The van der Waals surface area contributed by atoms with Crippen molar-refractivity contribution in [1.82, 2.24) is 0 Å². The summed E-state index contributed by atoms with van der Waals surface area (Å²) in [5.41, 5.74) is 4.73. The van der Waals surface area contributed by atoms with Crippen LogP contribution < -0.4 is 4.74 Å². The number of aromatic hydroxyl groups is 5. The van der Waals surface area contributed by atoms with Crippen LogP contribution in [0.2, 0.25) is 0 Å². The summed E-state index contributed by atoms with van der Waals surface area (Å²) in [5.74, 6) is -3.62. The smallest absolute Gasteiger partial charge is 0.208 e. The number of hydrogen-bond donors (Lipinski definition) is 5. The molecule has 0 aromatic heterocycles. The number of rotatable bonds is 3. The summed E-state index contributed by atoms with van der Waals surface area (Å²) in [6.07, 6.45) is 6.46. The topological polar surface area (TPSA) is 110 Å². The quantitative estimate of drug-likeness (QED) is 0.0746. The van der Waals surface area contributed by atoms with Crippen LogP contribution in [0.25, 0.3) is 60.1 Å². The van der Waals surface area contributed by atoms with Crippen molar-refractivity contribution in [3.05, 3.63) is 139 Å². The maximum absolute atomic E-state index is 11.1. The fourth-order valence-electron chi connectivity index (χ4n) is 8.02. The van der Waals surface area contributed by atoms with Crippen LogP contribution in [0.1, 0.15) is 24.0 Å². The molecule has 2 atom stereocenters. The third-order valence-electron chi connectivity index (χ3n) is 10.3. The lowest BCUT2D eigenvalue weighted by Gasteiger charge is -2.35. The molecule has 0 spiro atoms. The number of benzene rings is 7. The number of allylic oxidation sites excluding steroid dienone is 2. The highest BCUT2D eigenvalue weighted by atomic mass is 16.5. The minimum atomic E-state index is -0.996. The predicted molar refractivity (Wildman–Crippen MR) is 193 cm³/mol. The summed E-state index contributed by atoms with van der Waals surface area (Å²) >= 11 is 0. The Hall–Kier alpha value is -6.40. The van der Waals surface area contributed by atoms with Gasteiger partial charge in [-0.25, -0.2) is 0 Å². The molecule has 6 nitrogen and oxygen atoms in total. The molecule has 0 radical (unpaired) electrons. The molecule has 1 aliphatic carbocycles. The molecule has 7 aromatic carbocycles. The van der Waals surface area contributed by atoms with E-state index in [4.69, 9.17) is 4.74 Å². The van der Waals surface area contributed by atoms with Crippen molar-refractivity contribution in [3.63, 3.8) is 0 Å². The van der Waals surface area contributed by atoms with E-state index in [0.29, 0.717) is 16.3 Å². The fourth-order valence-corrected chi connectivity index (χ4v) is 8.02. The van der Waals surface area contributed by atoms with E-state index >= 15 is 0 Å². The van der Waals surface area contributed by atoms with Gasteiger partial charge in [0.15, 0.2) is 11.5 Å². The standard InChI is InChI=1S/C43H30O6/c1-43-31(25-21-20-23-10-2-3-11-24(23)22-25)17-9-18-32(43)36-30(16-8-19-33(36)49-43)34-26-12-4-6-14-28(26)35(29-15-7-5-13-27(29)34)37-38(44)40(46)42(48)41(47)39(37)45/h2-22,32,44-48H,1H3. The second-order valence-corrected chi connectivity index (χ2v) is 12.9. The largest absolute Gasteiger partial charge is 0.504 e. The molecule has 1 heterocycles. The van der Waals surface area contributed by atoms with Crippen LogP contribution in [0.3, 0.4) is 0 Å². The van der Waals surface area contributed by atoms with Gasteiger partial charge in [-0.05, 0) is 68.1 Å². The van der Waals surface area contributed by atoms with Gasteiger partial charge in [-0.1, -0.05) is 115 Å². The van der Waals surface area contributed by atoms with E-state index in [9.17, 15) is 25.5 Å².